The van der Waals surface area contributed by atoms with Gasteiger partial charge >= 0.3 is 12.4 Å². The van der Waals surface area contributed by atoms with E-state index < -0.39 is 42.2 Å². The normalized spacial score (nSPS) is 16.6. The first kappa shape index (κ1) is 18.8. The van der Waals surface area contributed by atoms with Crippen molar-refractivity contribution in [3.63, 3.8) is 0 Å². The Kier molecular flexibility index (Phi) is 5.11. The van der Waals surface area contributed by atoms with Gasteiger partial charge in [-0.2, -0.15) is 31.4 Å². The molecule has 1 atom stereocenters. The third kappa shape index (κ3) is 4.75. The number of amides is 1. The highest BCUT2D eigenvalue weighted by atomic mass is 19.4. The van der Waals surface area contributed by atoms with Crippen molar-refractivity contribution >= 4 is 17.4 Å². The van der Waals surface area contributed by atoms with E-state index in [2.05, 4.69) is 15.8 Å². The number of rotatable bonds is 4. The first-order chi connectivity index (χ1) is 11.5. The summed E-state index contributed by atoms with van der Waals surface area (Å²) in [7, 11) is 0. The zero-order valence-electron chi connectivity index (χ0n) is 12.3. The fourth-order valence-corrected chi connectivity index (χ4v) is 1.93. The van der Waals surface area contributed by atoms with E-state index in [1.165, 1.54) is 6.07 Å². The Labute approximate surface area is 136 Å². The van der Waals surface area contributed by atoms with Crippen LogP contribution in [0.2, 0.25) is 0 Å². The molecular weight excluding hydrogens is 358 g/mol. The molecule has 1 amide bonds. The van der Waals surface area contributed by atoms with Crippen LogP contribution in [0.3, 0.4) is 0 Å². The second-order valence-electron chi connectivity index (χ2n) is 5.05. The van der Waals surface area contributed by atoms with E-state index in [9.17, 15) is 31.1 Å². The molecule has 2 rings (SSSR count). The SMILES string of the molecule is O=C1CNC(c2ccc(NCC(O)C(F)(F)F)c(C(F)(F)F)c2)=NN1. The highest BCUT2D eigenvalue weighted by Crippen LogP contribution is 2.36. The molecule has 25 heavy (non-hydrogen) atoms. The molecule has 1 aliphatic heterocycles. The summed E-state index contributed by atoms with van der Waals surface area (Å²) in [6.45, 7) is -1.32. The van der Waals surface area contributed by atoms with Gasteiger partial charge in [0, 0.05) is 17.8 Å². The predicted octanol–water partition coefficient (Wildman–Crippen LogP) is 1.42. The Morgan fingerprint density at radius 1 is 1.24 bits per heavy atom. The lowest BCUT2D eigenvalue weighted by atomic mass is 10.1. The van der Waals surface area contributed by atoms with Crippen molar-refractivity contribution in [2.45, 2.75) is 18.5 Å². The summed E-state index contributed by atoms with van der Waals surface area (Å²) in [4.78, 5) is 11.0. The van der Waals surface area contributed by atoms with Crippen molar-refractivity contribution in [1.82, 2.24) is 10.7 Å². The highest BCUT2D eigenvalue weighted by Gasteiger charge is 2.39. The smallest absolute Gasteiger partial charge is 0.382 e. The van der Waals surface area contributed by atoms with E-state index in [1.807, 2.05) is 5.32 Å². The fourth-order valence-electron chi connectivity index (χ4n) is 1.93. The number of halogens is 6. The third-order valence-corrected chi connectivity index (χ3v) is 3.17. The molecule has 6 nitrogen and oxygen atoms in total. The molecule has 138 valence electrons. The van der Waals surface area contributed by atoms with Crippen molar-refractivity contribution in [2.24, 2.45) is 5.10 Å². The van der Waals surface area contributed by atoms with Gasteiger partial charge in [-0.25, -0.2) is 5.43 Å². The number of amidine groups is 1. The van der Waals surface area contributed by atoms with Gasteiger partial charge in [-0.05, 0) is 18.2 Å². The number of hydrogen-bond donors (Lipinski definition) is 4. The lowest BCUT2D eigenvalue weighted by Crippen LogP contribution is -2.42. The van der Waals surface area contributed by atoms with Crippen molar-refractivity contribution in [1.29, 1.82) is 0 Å². The monoisotopic (exact) mass is 370 g/mol. The van der Waals surface area contributed by atoms with Crippen molar-refractivity contribution in [2.75, 3.05) is 18.4 Å². The Morgan fingerprint density at radius 2 is 1.92 bits per heavy atom. The van der Waals surface area contributed by atoms with Crippen LogP contribution in [-0.4, -0.2) is 42.2 Å². The number of aliphatic hydroxyl groups is 1. The number of nitrogens with zero attached hydrogens (tertiary/aromatic N) is 1. The van der Waals surface area contributed by atoms with Gasteiger partial charge in [0.25, 0.3) is 5.91 Å². The summed E-state index contributed by atoms with van der Waals surface area (Å²) in [5, 5.41) is 16.9. The average molecular weight is 370 g/mol. The second kappa shape index (κ2) is 6.78. The number of aliphatic hydroxyl groups excluding tert-OH is 1. The molecule has 1 aromatic carbocycles. The first-order valence-electron chi connectivity index (χ1n) is 6.79. The van der Waals surface area contributed by atoms with Crippen LogP contribution < -0.4 is 16.1 Å². The molecule has 0 aromatic heterocycles. The number of benzene rings is 1. The molecule has 12 heteroatoms. The largest absolute Gasteiger partial charge is 0.418 e. The van der Waals surface area contributed by atoms with Gasteiger partial charge in [-0.1, -0.05) is 0 Å². The van der Waals surface area contributed by atoms with E-state index in [0.29, 0.717) is 6.07 Å². The molecule has 1 unspecified atom stereocenters. The summed E-state index contributed by atoms with van der Waals surface area (Å²) < 4.78 is 76.2. The van der Waals surface area contributed by atoms with E-state index in [0.717, 1.165) is 6.07 Å². The molecule has 0 spiro atoms. The minimum atomic E-state index is -4.95. The number of hydrogen-bond acceptors (Lipinski definition) is 5. The van der Waals surface area contributed by atoms with Crippen LogP contribution in [-0.2, 0) is 11.0 Å². The zero-order valence-corrected chi connectivity index (χ0v) is 12.3. The summed E-state index contributed by atoms with van der Waals surface area (Å²) in [5.41, 5.74) is 0.212. The topological polar surface area (TPSA) is 85.8 Å². The Hall–Kier alpha value is -2.50. The molecule has 0 radical (unpaired) electrons. The molecule has 1 aromatic rings. The van der Waals surface area contributed by atoms with E-state index in [4.69, 9.17) is 5.11 Å². The maximum atomic E-state index is 13.2. The Morgan fingerprint density at radius 3 is 2.44 bits per heavy atom. The standard InChI is InChI=1S/C13H12F6N4O2/c14-12(15,16)7-3-6(11-21-5-10(25)22-23-11)1-2-8(7)20-4-9(24)13(17,18)19/h1-3,9,20,24H,4-5H2,(H,21,23)(H,22,25). The van der Waals surface area contributed by atoms with Crippen LogP contribution >= 0.6 is 0 Å². The van der Waals surface area contributed by atoms with Crippen LogP contribution in [0.4, 0.5) is 32.0 Å². The molecule has 0 bridgehead atoms. The van der Waals surface area contributed by atoms with E-state index in [-0.39, 0.29) is 17.9 Å². The fraction of sp³-hybridized carbons (Fsp3) is 0.385. The number of anilines is 1. The van der Waals surface area contributed by atoms with Gasteiger partial charge in [0.05, 0.1) is 12.1 Å². The maximum absolute atomic E-state index is 13.2. The number of hydrazone groups is 1. The van der Waals surface area contributed by atoms with Crippen LogP contribution in [0.15, 0.2) is 23.3 Å². The Balaban J connectivity index is 2.27. The number of alkyl halides is 6. The van der Waals surface area contributed by atoms with Crippen molar-refractivity contribution in [3.8, 4) is 0 Å². The molecule has 0 aliphatic carbocycles. The van der Waals surface area contributed by atoms with Crippen molar-refractivity contribution in [3.05, 3.63) is 29.3 Å². The second-order valence-corrected chi connectivity index (χ2v) is 5.05. The van der Waals surface area contributed by atoms with Gasteiger partial charge in [0.15, 0.2) is 11.9 Å². The van der Waals surface area contributed by atoms with Crippen LogP contribution in [0.5, 0.6) is 0 Å². The molecule has 0 saturated carbocycles. The molecule has 4 N–H and O–H groups in total. The molecule has 1 heterocycles. The predicted molar refractivity (Wildman–Crippen MR) is 74.7 cm³/mol. The van der Waals surface area contributed by atoms with Gasteiger partial charge in [0.1, 0.15) is 0 Å². The molecular formula is C13H12F6N4O2. The molecule has 1 aliphatic rings. The average Bonchev–Trinajstić information content (AvgIpc) is 2.51. The first-order valence-corrected chi connectivity index (χ1v) is 6.79. The summed E-state index contributed by atoms with van der Waals surface area (Å²) in [5.74, 6) is -0.494. The summed E-state index contributed by atoms with van der Waals surface area (Å²) >= 11 is 0. The minimum Gasteiger partial charge on any atom is -0.382 e. The maximum Gasteiger partial charge on any atom is 0.418 e. The minimum absolute atomic E-state index is 0.0192. The van der Waals surface area contributed by atoms with Crippen LogP contribution in [0.1, 0.15) is 11.1 Å². The lowest BCUT2D eigenvalue weighted by Gasteiger charge is -2.20. The van der Waals surface area contributed by atoms with Gasteiger partial charge < -0.3 is 15.7 Å². The van der Waals surface area contributed by atoms with Gasteiger partial charge in [-0.15, -0.1) is 0 Å². The lowest BCUT2D eigenvalue weighted by molar-refractivity contribution is -0.198. The molecule has 0 fully saturated rings. The van der Waals surface area contributed by atoms with Crippen LogP contribution in [0, 0.1) is 0 Å². The number of carbonyl (C=O) groups excluding carboxylic acids is 1. The Bertz CT molecular complexity index is 686. The number of nitrogens with one attached hydrogen (secondary N) is 3. The van der Waals surface area contributed by atoms with E-state index >= 15 is 0 Å². The summed E-state index contributed by atoms with van der Waals surface area (Å²) in [6.07, 6.45) is -12.6. The van der Waals surface area contributed by atoms with Crippen molar-refractivity contribution < 1.29 is 36.2 Å². The third-order valence-electron chi connectivity index (χ3n) is 3.17. The summed E-state index contributed by atoms with van der Waals surface area (Å²) in [6, 6.07) is 2.77. The van der Waals surface area contributed by atoms with Gasteiger partial charge in [0.2, 0.25) is 0 Å². The quantitative estimate of drug-likeness (QED) is 0.604. The highest BCUT2D eigenvalue weighted by molar-refractivity contribution is 6.03. The number of carbonyl (C=O) groups is 1. The van der Waals surface area contributed by atoms with Gasteiger partial charge in [-0.3, -0.25) is 4.79 Å². The van der Waals surface area contributed by atoms with Crippen LogP contribution in [0.25, 0.3) is 0 Å². The van der Waals surface area contributed by atoms with E-state index in [1.54, 1.807) is 0 Å². The molecule has 0 saturated heterocycles. The zero-order chi connectivity index (χ0) is 18.8.